The molecule has 0 aliphatic rings. The third kappa shape index (κ3) is 3.51. The summed E-state index contributed by atoms with van der Waals surface area (Å²) in [5, 5.41) is 4.09. The molecule has 0 aliphatic carbocycles. The third-order valence-electron chi connectivity index (χ3n) is 2.42. The summed E-state index contributed by atoms with van der Waals surface area (Å²) in [4.78, 5) is 0. The van der Waals surface area contributed by atoms with Crippen molar-refractivity contribution in [3.8, 4) is 0 Å². The molecule has 0 saturated heterocycles. The van der Waals surface area contributed by atoms with E-state index < -0.39 is 0 Å². The molecule has 0 saturated carbocycles. The lowest BCUT2D eigenvalue weighted by Crippen LogP contribution is -2.17. The molecular formula is C13H13BrClNO. The molecule has 2 nitrogen and oxygen atoms in total. The van der Waals surface area contributed by atoms with Crippen LogP contribution in [-0.2, 0) is 6.42 Å². The van der Waals surface area contributed by atoms with Crippen molar-refractivity contribution in [2.45, 2.75) is 19.4 Å². The molecule has 4 heteroatoms. The summed E-state index contributed by atoms with van der Waals surface area (Å²) < 4.78 is 6.22. The topological polar surface area (TPSA) is 25.2 Å². The zero-order chi connectivity index (χ0) is 12.3. The Morgan fingerprint density at radius 3 is 2.88 bits per heavy atom. The van der Waals surface area contributed by atoms with E-state index in [1.807, 2.05) is 30.3 Å². The smallest absolute Gasteiger partial charge is 0.105 e. The molecule has 0 radical (unpaired) electrons. The van der Waals surface area contributed by atoms with Gasteiger partial charge in [0.1, 0.15) is 5.76 Å². The zero-order valence-electron chi connectivity index (χ0n) is 9.41. The minimum absolute atomic E-state index is 0.290. The van der Waals surface area contributed by atoms with Crippen LogP contribution in [0.2, 0.25) is 5.02 Å². The molecule has 0 spiro atoms. The molecule has 2 aromatic rings. The lowest BCUT2D eigenvalue weighted by molar-refractivity contribution is 0.498. The minimum atomic E-state index is 0.290. The Labute approximate surface area is 114 Å². The van der Waals surface area contributed by atoms with Crippen molar-refractivity contribution in [3.05, 3.63) is 51.9 Å². The second-order valence-corrected chi connectivity index (χ2v) is 5.22. The highest BCUT2D eigenvalue weighted by atomic mass is 79.9. The summed E-state index contributed by atoms with van der Waals surface area (Å²) in [6.45, 7) is 2.11. The highest BCUT2D eigenvalue weighted by Gasteiger charge is 2.06. The Morgan fingerprint density at radius 2 is 2.24 bits per heavy atom. The molecule has 1 N–H and O–H groups in total. The van der Waals surface area contributed by atoms with E-state index in [1.165, 1.54) is 0 Å². The highest BCUT2D eigenvalue weighted by molar-refractivity contribution is 9.10. The van der Waals surface area contributed by atoms with E-state index in [2.05, 4.69) is 28.2 Å². The lowest BCUT2D eigenvalue weighted by atomic mass is 10.2. The van der Waals surface area contributed by atoms with Crippen LogP contribution in [0.4, 0.5) is 5.69 Å². The van der Waals surface area contributed by atoms with Gasteiger partial charge in [-0.2, -0.15) is 0 Å². The van der Waals surface area contributed by atoms with Gasteiger partial charge in [-0.1, -0.05) is 11.6 Å². The number of furan rings is 1. The van der Waals surface area contributed by atoms with E-state index in [0.29, 0.717) is 11.1 Å². The van der Waals surface area contributed by atoms with Crippen molar-refractivity contribution >= 4 is 33.2 Å². The van der Waals surface area contributed by atoms with Crippen LogP contribution in [0.3, 0.4) is 0 Å². The molecule has 1 unspecified atom stereocenters. The molecule has 0 amide bonds. The van der Waals surface area contributed by atoms with Crippen LogP contribution >= 0.6 is 27.5 Å². The van der Waals surface area contributed by atoms with Crippen molar-refractivity contribution < 1.29 is 4.42 Å². The fourth-order valence-corrected chi connectivity index (χ4v) is 2.08. The standard InChI is InChI=1S/C13H13BrClNO/c1-9(7-11-3-2-6-17-11)16-10-4-5-12(14)13(15)8-10/h2-6,8-9,16H,7H2,1H3. The largest absolute Gasteiger partial charge is 0.469 e. The Kier molecular flexibility index (Phi) is 4.13. The average Bonchev–Trinajstić information content (AvgIpc) is 2.76. The van der Waals surface area contributed by atoms with Gasteiger partial charge in [0.05, 0.1) is 11.3 Å². The minimum Gasteiger partial charge on any atom is -0.469 e. The van der Waals surface area contributed by atoms with E-state index >= 15 is 0 Å². The molecular weight excluding hydrogens is 302 g/mol. The predicted octanol–water partition coefficient (Wildman–Crippen LogP) is 4.74. The van der Waals surface area contributed by atoms with Gasteiger partial charge in [-0.25, -0.2) is 0 Å². The van der Waals surface area contributed by atoms with Crippen LogP contribution in [0, 0.1) is 0 Å². The Morgan fingerprint density at radius 1 is 1.41 bits per heavy atom. The molecule has 0 bridgehead atoms. The van der Waals surface area contributed by atoms with E-state index in [9.17, 15) is 0 Å². The predicted molar refractivity (Wildman–Crippen MR) is 74.6 cm³/mol. The van der Waals surface area contributed by atoms with Gasteiger partial charge in [0, 0.05) is 22.6 Å². The number of rotatable bonds is 4. The Balaban J connectivity index is 1.98. The summed E-state index contributed by atoms with van der Waals surface area (Å²) in [6.07, 6.45) is 2.54. The molecule has 17 heavy (non-hydrogen) atoms. The second kappa shape index (κ2) is 5.61. The number of anilines is 1. The van der Waals surface area contributed by atoms with Crippen LogP contribution in [0.25, 0.3) is 0 Å². The number of hydrogen-bond acceptors (Lipinski definition) is 2. The van der Waals surface area contributed by atoms with Crippen LogP contribution in [0.1, 0.15) is 12.7 Å². The maximum absolute atomic E-state index is 6.03. The first-order valence-corrected chi connectivity index (χ1v) is 6.56. The average molecular weight is 315 g/mol. The van der Waals surface area contributed by atoms with E-state index in [1.54, 1.807) is 6.26 Å². The molecule has 2 rings (SSSR count). The highest BCUT2D eigenvalue weighted by Crippen LogP contribution is 2.26. The normalized spacial score (nSPS) is 12.4. The first-order chi connectivity index (χ1) is 8.15. The van der Waals surface area contributed by atoms with Crippen LogP contribution in [-0.4, -0.2) is 6.04 Å². The van der Waals surface area contributed by atoms with E-state index in [4.69, 9.17) is 16.0 Å². The number of hydrogen-bond donors (Lipinski definition) is 1. The fourth-order valence-electron chi connectivity index (χ4n) is 1.65. The van der Waals surface area contributed by atoms with Crippen molar-refractivity contribution in [3.63, 3.8) is 0 Å². The number of benzene rings is 1. The summed E-state index contributed by atoms with van der Waals surface area (Å²) in [7, 11) is 0. The molecule has 90 valence electrons. The van der Waals surface area contributed by atoms with Gasteiger partial charge in [-0.05, 0) is 53.2 Å². The van der Waals surface area contributed by atoms with Crippen molar-refractivity contribution in [2.24, 2.45) is 0 Å². The number of halogens is 2. The monoisotopic (exact) mass is 313 g/mol. The lowest BCUT2D eigenvalue weighted by Gasteiger charge is -2.14. The summed E-state index contributed by atoms with van der Waals surface area (Å²) in [6, 6.07) is 10.0. The van der Waals surface area contributed by atoms with Gasteiger partial charge in [0.15, 0.2) is 0 Å². The Bertz CT molecular complexity index is 484. The zero-order valence-corrected chi connectivity index (χ0v) is 11.8. The van der Waals surface area contributed by atoms with E-state index in [0.717, 1.165) is 22.3 Å². The van der Waals surface area contributed by atoms with Crippen LogP contribution in [0.5, 0.6) is 0 Å². The molecule has 1 heterocycles. The van der Waals surface area contributed by atoms with Crippen molar-refractivity contribution in [1.82, 2.24) is 0 Å². The number of nitrogens with one attached hydrogen (secondary N) is 1. The first-order valence-electron chi connectivity index (χ1n) is 5.39. The van der Waals surface area contributed by atoms with Gasteiger partial charge >= 0.3 is 0 Å². The van der Waals surface area contributed by atoms with Gasteiger partial charge in [-0.3, -0.25) is 0 Å². The van der Waals surface area contributed by atoms with Gasteiger partial charge in [-0.15, -0.1) is 0 Å². The van der Waals surface area contributed by atoms with E-state index in [-0.39, 0.29) is 0 Å². The Hall–Kier alpha value is -0.930. The van der Waals surface area contributed by atoms with Gasteiger partial charge in [0.25, 0.3) is 0 Å². The summed E-state index contributed by atoms with van der Waals surface area (Å²) in [5.74, 6) is 0.980. The maximum Gasteiger partial charge on any atom is 0.105 e. The molecule has 1 atom stereocenters. The van der Waals surface area contributed by atoms with Crippen molar-refractivity contribution in [1.29, 1.82) is 0 Å². The van der Waals surface area contributed by atoms with Crippen molar-refractivity contribution in [2.75, 3.05) is 5.32 Å². The van der Waals surface area contributed by atoms with Gasteiger partial charge in [0.2, 0.25) is 0 Å². The maximum atomic E-state index is 6.03. The van der Waals surface area contributed by atoms with Gasteiger partial charge < -0.3 is 9.73 Å². The SMILES string of the molecule is CC(Cc1ccco1)Nc1ccc(Br)c(Cl)c1. The summed E-state index contributed by atoms with van der Waals surface area (Å²) >= 11 is 9.40. The molecule has 0 aliphatic heterocycles. The van der Waals surface area contributed by atoms with Crippen LogP contribution in [0.15, 0.2) is 45.5 Å². The molecule has 0 fully saturated rings. The first kappa shape index (κ1) is 12.5. The third-order valence-corrected chi connectivity index (χ3v) is 3.65. The van der Waals surface area contributed by atoms with Crippen LogP contribution < -0.4 is 5.32 Å². The summed E-state index contributed by atoms with van der Waals surface area (Å²) in [5.41, 5.74) is 1.01. The molecule has 1 aromatic carbocycles. The fraction of sp³-hybridized carbons (Fsp3) is 0.231. The molecule has 1 aromatic heterocycles. The quantitative estimate of drug-likeness (QED) is 0.882. The second-order valence-electron chi connectivity index (χ2n) is 3.96.